The first kappa shape index (κ1) is 12.4. The van der Waals surface area contributed by atoms with Gasteiger partial charge in [-0.25, -0.2) is 4.98 Å². The Balaban J connectivity index is 2.44. The van der Waals surface area contributed by atoms with Crippen molar-refractivity contribution in [1.29, 1.82) is 0 Å². The number of rotatable bonds is 3. The molecule has 0 radical (unpaired) electrons. The van der Waals surface area contributed by atoms with Gasteiger partial charge in [-0.1, -0.05) is 35.3 Å². The van der Waals surface area contributed by atoms with Crippen LogP contribution in [0.4, 0.5) is 0 Å². The average Bonchev–Trinajstić information content (AvgIpc) is 2.80. The molecule has 0 amide bonds. The third kappa shape index (κ3) is 2.32. The molecule has 0 fully saturated rings. The minimum Gasteiger partial charge on any atom is -0.382 e. The fourth-order valence-electron chi connectivity index (χ4n) is 1.71. The molecule has 1 aromatic heterocycles. The molecule has 0 bridgehead atoms. The molecular formula is C12H12Cl2N2O. The number of hydrogen-bond acceptors (Lipinski definition) is 2. The van der Waals surface area contributed by atoms with E-state index in [1.807, 2.05) is 11.5 Å². The molecule has 0 saturated heterocycles. The van der Waals surface area contributed by atoms with Crippen molar-refractivity contribution < 1.29 is 5.11 Å². The van der Waals surface area contributed by atoms with Gasteiger partial charge in [0.15, 0.2) is 0 Å². The normalized spacial score (nSPS) is 12.7. The first-order chi connectivity index (χ1) is 8.15. The Kier molecular flexibility index (Phi) is 3.72. The maximum Gasteiger partial charge on any atom is 0.122 e. The van der Waals surface area contributed by atoms with Crippen LogP contribution in [0.3, 0.4) is 0 Å². The molecule has 3 nitrogen and oxygen atoms in total. The van der Waals surface area contributed by atoms with Gasteiger partial charge in [-0.3, -0.25) is 0 Å². The summed E-state index contributed by atoms with van der Waals surface area (Å²) in [5.41, 5.74) is 1.30. The van der Waals surface area contributed by atoms with Crippen LogP contribution in [0.25, 0.3) is 0 Å². The van der Waals surface area contributed by atoms with Gasteiger partial charge in [-0.2, -0.15) is 0 Å². The van der Waals surface area contributed by atoms with Crippen molar-refractivity contribution in [3.8, 4) is 0 Å². The first-order valence-electron chi connectivity index (χ1n) is 5.27. The molecule has 0 spiro atoms. The summed E-state index contributed by atoms with van der Waals surface area (Å²) in [4.78, 5) is 4.02. The van der Waals surface area contributed by atoms with Gasteiger partial charge in [0.2, 0.25) is 0 Å². The smallest absolute Gasteiger partial charge is 0.122 e. The van der Waals surface area contributed by atoms with Crippen LogP contribution in [0.15, 0.2) is 30.7 Å². The fraction of sp³-hybridized carbons (Fsp3) is 0.250. The van der Waals surface area contributed by atoms with E-state index in [2.05, 4.69) is 4.98 Å². The van der Waals surface area contributed by atoms with Gasteiger partial charge >= 0.3 is 0 Å². The second-order valence-corrected chi connectivity index (χ2v) is 4.44. The predicted octanol–water partition coefficient (Wildman–Crippen LogP) is 3.29. The van der Waals surface area contributed by atoms with E-state index < -0.39 is 6.10 Å². The van der Waals surface area contributed by atoms with Crippen molar-refractivity contribution >= 4 is 23.2 Å². The number of aryl methyl sites for hydroxylation is 1. The summed E-state index contributed by atoms with van der Waals surface area (Å²) in [6.07, 6.45) is 2.49. The van der Waals surface area contributed by atoms with Gasteiger partial charge in [-0.15, -0.1) is 0 Å². The number of imidazole rings is 1. The van der Waals surface area contributed by atoms with Gasteiger partial charge in [0, 0.05) is 12.1 Å². The number of hydrogen-bond donors (Lipinski definition) is 1. The topological polar surface area (TPSA) is 38.0 Å². The van der Waals surface area contributed by atoms with E-state index in [9.17, 15) is 5.11 Å². The summed E-state index contributed by atoms with van der Waals surface area (Å²) in [5.74, 6) is 0. The maximum atomic E-state index is 10.3. The summed E-state index contributed by atoms with van der Waals surface area (Å²) in [6, 6.07) is 5.21. The summed E-state index contributed by atoms with van der Waals surface area (Å²) >= 11 is 12.0. The fourth-order valence-corrected chi connectivity index (χ4v) is 2.13. The quantitative estimate of drug-likeness (QED) is 0.930. The molecule has 1 N–H and O–H groups in total. The molecule has 1 heterocycles. The number of halogens is 2. The highest BCUT2D eigenvalue weighted by atomic mass is 35.5. The van der Waals surface area contributed by atoms with Crippen LogP contribution in [0.5, 0.6) is 0 Å². The van der Waals surface area contributed by atoms with E-state index in [0.717, 1.165) is 6.54 Å². The monoisotopic (exact) mass is 270 g/mol. The molecule has 90 valence electrons. The molecule has 0 aliphatic rings. The lowest BCUT2D eigenvalue weighted by Gasteiger charge is -2.14. The summed E-state index contributed by atoms with van der Waals surface area (Å²) in [7, 11) is 0. The molecule has 5 heteroatoms. The van der Waals surface area contributed by atoms with Crippen molar-refractivity contribution in [3.05, 3.63) is 52.0 Å². The van der Waals surface area contributed by atoms with Crippen LogP contribution in [0.1, 0.15) is 24.3 Å². The Hall–Kier alpha value is -1.03. The Bertz CT molecular complexity index is 525. The van der Waals surface area contributed by atoms with Gasteiger partial charge in [0.25, 0.3) is 0 Å². The van der Waals surface area contributed by atoms with Gasteiger partial charge in [0.05, 0.1) is 28.3 Å². The summed E-state index contributed by atoms with van der Waals surface area (Å²) < 4.78 is 1.86. The predicted molar refractivity (Wildman–Crippen MR) is 68.4 cm³/mol. The lowest BCUT2D eigenvalue weighted by molar-refractivity contribution is 0.210. The van der Waals surface area contributed by atoms with E-state index in [-0.39, 0.29) is 0 Å². The SMILES string of the molecule is CCn1cncc1C(O)c1cccc(Cl)c1Cl. The lowest BCUT2D eigenvalue weighted by Crippen LogP contribution is -2.07. The largest absolute Gasteiger partial charge is 0.382 e. The molecular weight excluding hydrogens is 259 g/mol. The third-order valence-electron chi connectivity index (χ3n) is 2.64. The van der Waals surface area contributed by atoms with Gasteiger partial charge in [0.1, 0.15) is 6.10 Å². The third-order valence-corrected chi connectivity index (χ3v) is 3.47. The number of benzene rings is 1. The highest BCUT2D eigenvalue weighted by Gasteiger charge is 2.18. The summed E-state index contributed by atoms with van der Waals surface area (Å²) in [6.45, 7) is 2.72. The molecule has 2 rings (SSSR count). The zero-order valence-corrected chi connectivity index (χ0v) is 10.8. The minimum atomic E-state index is -0.816. The maximum absolute atomic E-state index is 10.3. The van der Waals surface area contributed by atoms with Crippen LogP contribution >= 0.6 is 23.2 Å². The van der Waals surface area contributed by atoms with Crippen molar-refractivity contribution in [2.45, 2.75) is 19.6 Å². The standard InChI is InChI=1S/C12H12Cl2N2O/c1-2-16-7-15-6-10(16)12(17)8-4-3-5-9(13)11(8)14/h3-7,12,17H,2H2,1H3. The average molecular weight is 271 g/mol. The minimum absolute atomic E-state index is 0.380. The zero-order valence-electron chi connectivity index (χ0n) is 9.27. The van der Waals surface area contributed by atoms with Crippen molar-refractivity contribution in [2.24, 2.45) is 0 Å². The van der Waals surface area contributed by atoms with E-state index in [1.54, 1.807) is 30.7 Å². The van der Waals surface area contributed by atoms with Crippen molar-refractivity contribution in [1.82, 2.24) is 9.55 Å². The number of aliphatic hydroxyl groups excluding tert-OH is 1. The van der Waals surface area contributed by atoms with Gasteiger partial charge in [-0.05, 0) is 13.0 Å². The van der Waals surface area contributed by atoms with E-state index in [4.69, 9.17) is 23.2 Å². The van der Waals surface area contributed by atoms with E-state index in [1.165, 1.54) is 0 Å². The number of nitrogens with zero attached hydrogens (tertiary/aromatic N) is 2. The summed E-state index contributed by atoms with van der Waals surface area (Å²) in [5, 5.41) is 11.1. The molecule has 1 atom stereocenters. The molecule has 1 aromatic carbocycles. The molecule has 0 aliphatic heterocycles. The lowest BCUT2D eigenvalue weighted by atomic mass is 10.1. The Morgan fingerprint density at radius 2 is 2.18 bits per heavy atom. The van der Waals surface area contributed by atoms with Crippen LogP contribution in [0, 0.1) is 0 Å². The van der Waals surface area contributed by atoms with E-state index >= 15 is 0 Å². The Morgan fingerprint density at radius 1 is 1.41 bits per heavy atom. The van der Waals surface area contributed by atoms with Crippen LogP contribution < -0.4 is 0 Å². The molecule has 1 unspecified atom stereocenters. The van der Waals surface area contributed by atoms with Crippen molar-refractivity contribution in [3.63, 3.8) is 0 Å². The highest BCUT2D eigenvalue weighted by molar-refractivity contribution is 6.42. The molecule has 17 heavy (non-hydrogen) atoms. The molecule has 2 aromatic rings. The van der Waals surface area contributed by atoms with Crippen LogP contribution in [-0.4, -0.2) is 14.7 Å². The second-order valence-electron chi connectivity index (χ2n) is 3.65. The van der Waals surface area contributed by atoms with Crippen LogP contribution in [-0.2, 0) is 6.54 Å². The molecule has 0 saturated carbocycles. The number of aliphatic hydroxyl groups is 1. The van der Waals surface area contributed by atoms with Crippen molar-refractivity contribution in [2.75, 3.05) is 0 Å². The Morgan fingerprint density at radius 3 is 2.88 bits per heavy atom. The highest BCUT2D eigenvalue weighted by Crippen LogP contribution is 2.32. The second kappa shape index (κ2) is 5.08. The van der Waals surface area contributed by atoms with Crippen LogP contribution in [0.2, 0.25) is 10.0 Å². The zero-order chi connectivity index (χ0) is 12.4. The Labute approximate surface area is 110 Å². The first-order valence-corrected chi connectivity index (χ1v) is 6.02. The van der Waals surface area contributed by atoms with Gasteiger partial charge < -0.3 is 9.67 Å². The number of aromatic nitrogens is 2. The molecule has 0 aliphatic carbocycles. The van der Waals surface area contributed by atoms with E-state index in [0.29, 0.717) is 21.3 Å².